The van der Waals surface area contributed by atoms with Gasteiger partial charge in [-0.2, -0.15) is 0 Å². The first-order valence-electron chi connectivity index (χ1n) is 7.28. The Morgan fingerprint density at radius 1 is 1.14 bits per heavy atom. The summed E-state index contributed by atoms with van der Waals surface area (Å²) in [4.78, 5) is 11.9. The number of carbonyl (C=O) groups excluding carboxylic acids is 1. The molecule has 0 aromatic heterocycles. The molecule has 2 aromatic carbocycles. The zero-order chi connectivity index (χ0) is 15.3. The molecule has 0 saturated heterocycles. The summed E-state index contributed by atoms with van der Waals surface area (Å²) in [6, 6.07) is 10.1. The van der Waals surface area contributed by atoms with Crippen molar-refractivity contribution in [2.24, 2.45) is 0 Å². The Morgan fingerprint density at radius 2 is 1.95 bits per heavy atom. The number of fused-ring (bicyclic) bond motifs is 2. The lowest BCUT2D eigenvalue weighted by atomic mass is 9.79. The van der Waals surface area contributed by atoms with Crippen LogP contribution in [-0.4, -0.2) is 20.2 Å². The number of methoxy groups -OCH3 is 2. The number of hydrogen-bond donors (Lipinski definition) is 0. The van der Waals surface area contributed by atoms with Crippen molar-refractivity contribution in [1.82, 2.24) is 0 Å². The summed E-state index contributed by atoms with van der Waals surface area (Å²) in [6.07, 6.45) is 0.750. The summed E-state index contributed by atoms with van der Waals surface area (Å²) in [5, 5.41) is 0. The van der Waals surface area contributed by atoms with Gasteiger partial charge in [0.2, 0.25) is 0 Å². The van der Waals surface area contributed by atoms with E-state index in [1.807, 2.05) is 18.2 Å². The first-order chi connectivity index (χ1) is 10.7. The van der Waals surface area contributed by atoms with Gasteiger partial charge in [0.1, 0.15) is 6.10 Å². The Morgan fingerprint density at radius 3 is 2.73 bits per heavy atom. The predicted octanol–water partition coefficient (Wildman–Crippen LogP) is 3.07. The molecule has 4 rings (SSSR count). The Labute approximate surface area is 128 Å². The van der Waals surface area contributed by atoms with Gasteiger partial charge in [0.25, 0.3) is 0 Å². The van der Waals surface area contributed by atoms with Crippen molar-refractivity contribution in [2.75, 3.05) is 14.2 Å². The first-order valence-corrected chi connectivity index (χ1v) is 7.28. The maximum Gasteiger partial charge on any atom is 0.310 e. The van der Waals surface area contributed by atoms with Gasteiger partial charge in [0.15, 0.2) is 11.5 Å². The Balaban J connectivity index is 2.09. The molecule has 0 N–H and O–H groups in total. The second-order valence-electron chi connectivity index (χ2n) is 5.58. The van der Waals surface area contributed by atoms with Crippen LogP contribution in [0.25, 0.3) is 11.1 Å². The average molecular weight is 296 g/mol. The zero-order valence-electron chi connectivity index (χ0n) is 12.5. The number of ether oxygens (including phenoxy) is 3. The van der Waals surface area contributed by atoms with Crippen LogP contribution in [-0.2, 0) is 22.4 Å². The first kappa shape index (κ1) is 13.2. The van der Waals surface area contributed by atoms with E-state index in [9.17, 15) is 4.79 Å². The summed E-state index contributed by atoms with van der Waals surface area (Å²) < 4.78 is 16.7. The van der Waals surface area contributed by atoms with Crippen LogP contribution in [0.3, 0.4) is 0 Å². The van der Waals surface area contributed by atoms with E-state index in [1.165, 1.54) is 0 Å². The van der Waals surface area contributed by atoms with Crippen molar-refractivity contribution in [3.63, 3.8) is 0 Å². The zero-order valence-corrected chi connectivity index (χ0v) is 12.5. The van der Waals surface area contributed by atoms with Crippen LogP contribution in [0.4, 0.5) is 0 Å². The third-order valence-electron chi connectivity index (χ3n) is 4.42. The lowest BCUT2D eigenvalue weighted by Gasteiger charge is -2.34. The van der Waals surface area contributed by atoms with Crippen molar-refractivity contribution in [3.05, 3.63) is 47.0 Å². The maximum atomic E-state index is 11.9. The molecule has 2 aromatic rings. The van der Waals surface area contributed by atoms with Crippen LogP contribution in [0.1, 0.15) is 22.8 Å². The van der Waals surface area contributed by atoms with E-state index in [4.69, 9.17) is 14.2 Å². The highest BCUT2D eigenvalue weighted by Gasteiger charge is 2.37. The predicted molar refractivity (Wildman–Crippen MR) is 81.2 cm³/mol. The normalized spacial score (nSPS) is 18.1. The monoisotopic (exact) mass is 296 g/mol. The van der Waals surface area contributed by atoms with Crippen molar-refractivity contribution in [1.29, 1.82) is 0 Å². The third kappa shape index (κ3) is 1.73. The SMILES string of the molecule is COc1cc2c3c(c1OC)-c1ccccc1CC3OC(=O)C2. The molecule has 1 unspecified atom stereocenters. The van der Waals surface area contributed by atoms with Gasteiger partial charge < -0.3 is 14.2 Å². The van der Waals surface area contributed by atoms with Crippen LogP contribution >= 0.6 is 0 Å². The molecule has 4 heteroatoms. The number of benzene rings is 2. The molecule has 1 aliphatic carbocycles. The fourth-order valence-corrected chi connectivity index (χ4v) is 3.54. The molecule has 2 aliphatic rings. The number of carbonyl (C=O) groups is 1. The van der Waals surface area contributed by atoms with E-state index in [2.05, 4.69) is 12.1 Å². The second-order valence-corrected chi connectivity index (χ2v) is 5.58. The highest BCUT2D eigenvalue weighted by atomic mass is 16.5. The van der Waals surface area contributed by atoms with Gasteiger partial charge in [-0.1, -0.05) is 24.3 Å². The van der Waals surface area contributed by atoms with Gasteiger partial charge in [0.05, 0.1) is 20.6 Å². The molecule has 112 valence electrons. The van der Waals surface area contributed by atoms with Crippen LogP contribution in [0.2, 0.25) is 0 Å². The quantitative estimate of drug-likeness (QED) is 0.799. The van der Waals surface area contributed by atoms with Crippen molar-refractivity contribution in [3.8, 4) is 22.6 Å². The molecule has 1 aliphatic heterocycles. The molecule has 22 heavy (non-hydrogen) atoms. The van der Waals surface area contributed by atoms with E-state index in [-0.39, 0.29) is 18.5 Å². The lowest BCUT2D eigenvalue weighted by molar-refractivity contribution is -0.150. The van der Waals surface area contributed by atoms with Crippen LogP contribution in [0, 0.1) is 0 Å². The smallest absolute Gasteiger partial charge is 0.310 e. The summed E-state index contributed by atoms with van der Waals surface area (Å²) in [6.45, 7) is 0. The summed E-state index contributed by atoms with van der Waals surface area (Å²) in [7, 11) is 3.26. The standard InChI is InChI=1S/C18H16O4/c1-20-14-8-11-9-15(19)22-13-7-10-5-3-4-6-12(10)17(16(11)13)18(14)21-2/h3-6,8,13H,7,9H2,1-2H3. The topological polar surface area (TPSA) is 44.8 Å². The highest BCUT2D eigenvalue weighted by Crippen LogP contribution is 2.51. The van der Waals surface area contributed by atoms with Gasteiger partial charge in [0, 0.05) is 17.5 Å². The molecule has 0 spiro atoms. The highest BCUT2D eigenvalue weighted by molar-refractivity contribution is 5.87. The molecule has 0 saturated carbocycles. The number of esters is 1. The average Bonchev–Trinajstić information content (AvgIpc) is 2.53. The summed E-state index contributed by atoms with van der Waals surface area (Å²) in [5.74, 6) is 1.17. The minimum absolute atomic E-state index is 0.185. The van der Waals surface area contributed by atoms with Gasteiger partial charge in [-0.15, -0.1) is 0 Å². The number of hydrogen-bond acceptors (Lipinski definition) is 4. The van der Waals surface area contributed by atoms with Crippen molar-refractivity contribution >= 4 is 5.97 Å². The molecule has 0 bridgehead atoms. The molecule has 0 radical (unpaired) electrons. The maximum absolute atomic E-state index is 11.9. The molecule has 1 atom stereocenters. The van der Waals surface area contributed by atoms with E-state index >= 15 is 0 Å². The molecule has 0 amide bonds. The largest absolute Gasteiger partial charge is 0.493 e. The molecular weight excluding hydrogens is 280 g/mol. The Kier molecular flexibility index (Phi) is 2.86. The van der Waals surface area contributed by atoms with Crippen LogP contribution < -0.4 is 9.47 Å². The van der Waals surface area contributed by atoms with Gasteiger partial charge >= 0.3 is 5.97 Å². The lowest BCUT2D eigenvalue weighted by Crippen LogP contribution is -2.26. The fraction of sp³-hybridized carbons (Fsp3) is 0.278. The Bertz CT molecular complexity index is 779. The van der Waals surface area contributed by atoms with Crippen LogP contribution in [0.15, 0.2) is 30.3 Å². The second kappa shape index (κ2) is 4.77. The van der Waals surface area contributed by atoms with Gasteiger partial charge in [-0.05, 0) is 22.8 Å². The summed E-state index contributed by atoms with van der Waals surface area (Å²) >= 11 is 0. The van der Waals surface area contributed by atoms with E-state index in [1.54, 1.807) is 14.2 Å². The van der Waals surface area contributed by atoms with E-state index < -0.39 is 0 Å². The molecular formula is C18H16O4. The molecule has 1 heterocycles. The van der Waals surface area contributed by atoms with Crippen molar-refractivity contribution < 1.29 is 19.0 Å². The minimum atomic E-state index is -0.235. The minimum Gasteiger partial charge on any atom is -0.493 e. The Hall–Kier alpha value is -2.49. The van der Waals surface area contributed by atoms with Gasteiger partial charge in [-0.3, -0.25) is 4.79 Å². The van der Waals surface area contributed by atoms with Crippen LogP contribution in [0.5, 0.6) is 11.5 Å². The molecule has 0 fully saturated rings. The van der Waals surface area contributed by atoms with E-state index in [0.717, 1.165) is 27.8 Å². The van der Waals surface area contributed by atoms with Gasteiger partial charge in [-0.25, -0.2) is 0 Å². The third-order valence-corrected chi connectivity index (χ3v) is 4.42. The van der Waals surface area contributed by atoms with E-state index in [0.29, 0.717) is 17.9 Å². The number of rotatable bonds is 2. The fourth-order valence-electron chi connectivity index (χ4n) is 3.54. The summed E-state index contributed by atoms with van der Waals surface area (Å²) in [5.41, 5.74) is 5.33. The molecule has 4 nitrogen and oxygen atoms in total. The van der Waals surface area contributed by atoms with Crippen molar-refractivity contribution in [2.45, 2.75) is 18.9 Å².